The molecule has 19 heavy (non-hydrogen) atoms. The van der Waals surface area contributed by atoms with Crippen molar-refractivity contribution in [3.8, 4) is 0 Å². The molecule has 4 nitrogen and oxygen atoms in total. The lowest BCUT2D eigenvalue weighted by molar-refractivity contribution is 0.0501. The van der Waals surface area contributed by atoms with Crippen molar-refractivity contribution < 1.29 is 19.4 Å². The maximum atomic E-state index is 13.3. The molecule has 1 saturated heterocycles. The van der Waals surface area contributed by atoms with Gasteiger partial charge in [-0.05, 0) is 43.0 Å². The average Bonchev–Trinajstić information content (AvgIpc) is 2.37. The number of aryl methyl sites for hydroxylation is 1. The molecule has 0 aromatic heterocycles. The molecule has 0 spiro atoms. The predicted molar refractivity (Wildman–Crippen MR) is 68.4 cm³/mol. The standard InChI is InChI=1S/C14H18FNO3/c1-9-5-11(7-12(15)6-9)13(17)10-3-2-4-16(8-10)14(18)19/h5-7,10,13,17H,2-4,8H2,1H3,(H,18,19)/t10?,13-/m1/s1. The molecule has 0 aliphatic carbocycles. The Kier molecular flexibility index (Phi) is 4.04. The monoisotopic (exact) mass is 267 g/mol. The van der Waals surface area contributed by atoms with E-state index in [1.54, 1.807) is 13.0 Å². The van der Waals surface area contributed by atoms with Crippen LogP contribution in [0, 0.1) is 18.7 Å². The maximum Gasteiger partial charge on any atom is 0.407 e. The van der Waals surface area contributed by atoms with E-state index in [4.69, 9.17) is 5.11 Å². The summed E-state index contributed by atoms with van der Waals surface area (Å²) in [5.41, 5.74) is 1.27. The summed E-state index contributed by atoms with van der Waals surface area (Å²) in [6.45, 7) is 2.57. The molecule has 1 fully saturated rings. The number of hydrogen-bond acceptors (Lipinski definition) is 2. The number of carbonyl (C=O) groups is 1. The molecule has 5 heteroatoms. The molecule has 2 rings (SSSR count). The van der Waals surface area contributed by atoms with E-state index in [-0.39, 0.29) is 11.7 Å². The highest BCUT2D eigenvalue weighted by Crippen LogP contribution is 2.30. The summed E-state index contributed by atoms with van der Waals surface area (Å²) in [7, 11) is 0. The number of aliphatic hydroxyl groups is 1. The normalized spacial score (nSPS) is 21.2. The van der Waals surface area contributed by atoms with Crippen LogP contribution in [-0.2, 0) is 0 Å². The third-order valence-corrected chi connectivity index (χ3v) is 3.58. The van der Waals surface area contributed by atoms with E-state index >= 15 is 0 Å². The third-order valence-electron chi connectivity index (χ3n) is 3.58. The molecule has 104 valence electrons. The molecule has 0 bridgehead atoms. The van der Waals surface area contributed by atoms with Gasteiger partial charge in [0.1, 0.15) is 5.82 Å². The van der Waals surface area contributed by atoms with Crippen molar-refractivity contribution in [2.45, 2.75) is 25.9 Å². The minimum absolute atomic E-state index is 0.175. The van der Waals surface area contributed by atoms with Gasteiger partial charge in [0, 0.05) is 19.0 Å². The van der Waals surface area contributed by atoms with Crippen LogP contribution in [0.15, 0.2) is 18.2 Å². The molecule has 1 amide bonds. The number of piperidine rings is 1. The Bertz CT molecular complexity index is 458. The number of aliphatic hydroxyl groups excluding tert-OH is 1. The van der Waals surface area contributed by atoms with Crippen LogP contribution >= 0.6 is 0 Å². The molecule has 1 aromatic carbocycles. The van der Waals surface area contributed by atoms with E-state index < -0.39 is 12.2 Å². The SMILES string of the molecule is Cc1cc(F)cc([C@H](O)C2CCCN(C(=O)O)C2)c1. The van der Waals surface area contributed by atoms with Crippen LogP contribution in [0.2, 0.25) is 0 Å². The molecule has 2 N–H and O–H groups in total. The lowest BCUT2D eigenvalue weighted by Gasteiger charge is -2.33. The van der Waals surface area contributed by atoms with Crippen LogP contribution in [0.3, 0.4) is 0 Å². The number of hydrogen-bond donors (Lipinski definition) is 2. The van der Waals surface area contributed by atoms with Gasteiger partial charge in [-0.2, -0.15) is 0 Å². The summed E-state index contributed by atoms with van der Waals surface area (Å²) in [4.78, 5) is 12.3. The van der Waals surface area contributed by atoms with E-state index in [1.165, 1.54) is 17.0 Å². The average molecular weight is 267 g/mol. The molecule has 0 radical (unpaired) electrons. The highest BCUT2D eigenvalue weighted by Gasteiger charge is 2.29. The molecule has 1 unspecified atom stereocenters. The van der Waals surface area contributed by atoms with Gasteiger partial charge in [-0.25, -0.2) is 9.18 Å². The smallest absolute Gasteiger partial charge is 0.407 e. The minimum Gasteiger partial charge on any atom is -0.465 e. The van der Waals surface area contributed by atoms with Gasteiger partial charge in [-0.3, -0.25) is 0 Å². The molecule has 0 saturated carbocycles. The first-order valence-corrected chi connectivity index (χ1v) is 6.40. The zero-order chi connectivity index (χ0) is 14.0. The summed E-state index contributed by atoms with van der Waals surface area (Å²) >= 11 is 0. The maximum absolute atomic E-state index is 13.3. The Morgan fingerprint density at radius 2 is 2.21 bits per heavy atom. The molecule has 1 aliphatic heterocycles. The van der Waals surface area contributed by atoms with E-state index in [0.717, 1.165) is 18.4 Å². The Morgan fingerprint density at radius 1 is 1.47 bits per heavy atom. The van der Waals surface area contributed by atoms with Crippen LogP contribution in [0.1, 0.15) is 30.1 Å². The molecule has 1 heterocycles. The van der Waals surface area contributed by atoms with E-state index in [1.807, 2.05) is 0 Å². The summed E-state index contributed by atoms with van der Waals surface area (Å²) in [6, 6.07) is 4.46. The third kappa shape index (κ3) is 3.23. The van der Waals surface area contributed by atoms with Gasteiger partial charge in [0.2, 0.25) is 0 Å². The van der Waals surface area contributed by atoms with Gasteiger partial charge in [0.05, 0.1) is 6.10 Å². The first-order chi connectivity index (χ1) is 8.97. The molecular weight excluding hydrogens is 249 g/mol. The summed E-state index contributed by atoms with van der Waals surface area (Å²) in [5.74, 6) is -0.550. The Labute approximate surface area is 111 Å². The summed E-state index contributed by atoms with van der Waals surface area (Å²) in [6.07, 6.45) is -0.313. The highest BCUT2D eigenvalue weighted by atomic mass is 19.1. The fraction of sp³-hybridized carbons (Fsp3) is 0.500. The van der Waals surface area contributed by atoms with Gasteiger partial charge in [-0.15, -0.1) is 0 Å². The predicted octanol–water partition coefficient (Wildman–Crippen LogP) is 2.56. The van der Waals surface area contributed by atoms with Crippen molar-refractivity contribution in [3.63, 3.8) is 0 Å². The number of benzene rings is 1. The van der Waals surface area contributed by atoms with E-state index in [2.05, 4.69) is 0 Å². The fourth-order valence-electron chi connectivity index (χ4n) is 2.65. The van der Waals surface area contributed by atoms with Gasteiger partial charge in [-0.1, -0.05) is 6.07 Å². The number of amides is 1. The molecular formula is C14H18FNO3. The second-order valence-electron chi connectivity index (χ2n) is 5.14. The Hall–Kier alpha value is -1.62. The highest BCUT2D eigenvalue weighted by molar-refractivity contribution is 5.65. The summed E-state index contributed by atoms with van der Waals surface area (Å²) in [5, 5.41) is 19.3. The van der Waals surface area contributed by atoms with Crippen LogP contribution in [0.25, 0.3) is 0 Å². The summed E-state index contributed by atoms with van der Waals surface area (Å²) < 4.78 is 13.3. The van der Waals surface area contributed by atoms with Crippen LogP contribution < -0.4 is 0 Å². The van der Waals surface area contributed by atoms with Crippen LogP contribution in [0.5, 0.6) is 0 Å². The first kappa shape index (κ1) is 13.8. The number of carboxylic acid groups (broad SMARTS) is 1. The Balaban J connectivity index is 2.14. The fourth-order valence-corrected chi connectivity index (χ4v) is 2.65. The number of likely N-dealkylation sites (tertiary alicyclic amines) is 1. The van der Waals surface area contributed by atoms with Crippen LogP contribution in [-0.4, -0.2) is 34.3 Å². The zero-order valence-electron chi connectivity index (χ0n) is 10.8. The molecule has 2 atom stereocenters. The zero-order valence-corrected chi connectivity index (χ0v) is 10.8. The van der Waals surface area contributed by atoms with Gasteiger partial charge >= 0.3 is 6.09 Å². The van der Waals surface area contributed by atoms with Gasteiger partial charge < -0.3 is 15.1 Å². The van der Waals surface area contributed by atoms with Crippen molar-refractivity contribution >= 4 is 6.09 Å². The quantitative estimate of drug-likeness (QED) is 0.865. The Morgan fingerprint density at radius 3 is 2.84 bits per heavy atom. The van der Waals surface area contributed by atoms with Crippen molar-refractivity contribution in [2.75, 3.05) is 13.1 Å². The van der Waals surface area contributed by atoms with E-state index in [0.29, 0.717) is 18.7 Å². The largest absolute Gasteiger partial charge is 0.465 e. The topological polar surface area (TPSA) is 60.8 Å². The van der Waals surface area contributed by atoms with Crippen molar-refractivity contribution in [1.29, 1.82) is 0 Å². The second kappa shape index (κ2) is 5.57. The minimum atomic E-state index is -0.965. The van der Waals surface area contributed by atoms with Crippen molar-refractivity contribution in [2.24, 2.45) is 5.92 Å². The first-order valence-electron chi connectivity index (χ1n) is 6.40. The van der Waals surface area contributed by atoms with Gasteiger partial charge in [0.25, 0.3) is 0 Å². The van der Waals surface area contributed by atoms with Crippen LogP contribution in [0.4, 0.5) is 9.18 Å². The lowest BCUT2D eigenvalue weighted by Crippen LogP contribution is -2.40. The lowest BCUT2D eigenvalue weighted by atomic mass is 9.88. The van der Waals surface area contributed by atoms with Crippen molar-refractivity contribution in [3.05, 3.63) is 35.1 Å². The molecule has 1 aromatic rings. The second-order valence-corrected chi connectivity index (χ2v) is 5.14. The van der Waals surface area contributed by atoms with Crippen molar-refractivity contribution in [1.82, 2.24) is 4.90 Å². The van der Waals surface area contributed by atoms with Gasteiger partial charge in [0.15, 0.2) is 0 Å². The number of rotatable bonds is 2. The number of halogens is 1. The number of nitrogens with zero attached hydrogens (tertiary/aromatic N) is 1. The molecule has 1 aliphatic rings. The van der Waals surface area contributed by atoms with E-state index in [9.17, 15) is 14.3 Å².